The molecular weight excluding hydrogens is 457 g/mol. The van der Waals surface area contributed by atoms with Crippen molar-refractivity contribution >= 4 is 56.5 Å². The SMILES string of the molecule is Cc1ccc(NC(=O)COC(=O)C(=Cc2ccc(F)cc2)c2cccs2)c(Br)c1. The van der Waals surface area contributed by atoms with Gasteiger partial charge in [0.2, 0.25) is 0 Å². The lowest BCUT2D eigenvalue weighted by molar-refractivity contribution is -0.141. The summed E-state index contributed by atoms with van der Waals surface area (Å²) in [7, 11) is 0. The number of benzene rings is 2. The minimum Gasteiger partial charge on any atom is -0.452 e. The maximum atomic E-state index is 13.1. The van der Waals surface area contributed by atoms with Gasteiger partial charge < -0.3 is 10.1 Å². The molecule has 1 heterocycles. The lowest BCUT2D eigenvalue weighted by atomic mass is 10.1. The number of hydrogen-bond acceptors (Lipinski definition) is 4. The third kappa shape index (κ3) is 5.85. The number of amides is 1. The van der Waals surface area contributed by atoms with E-state index in [1.54, 1.807) is 30.3 Å². The Kier molecular flexibility index (Phi) is 6.95. The predicted octanol–water partition coefficient (Wildman–Crippen LogP) is 5.68. The lowest BCUT2D eigenvalue weighted by Crippen LogP contribution is -2.21. The Bertz CT molecular complexity index is 1050. The summed E-state index contributed by atoms with van der Waals surface area (Å²) in [6.07, 6.45) is 1.61. The van der Waals surface area contributed by atoms with Crippen LogP contribution in [0.15, 0.2) is 64.5 Å². The molecule has 3 aromatic rings. The highest BCUT2D eigenvalue weighted by atomic mass is 79.9. The molecule has 0 saturated heterocycles. The summed E-state index contributed by atoms with van der Waals surface area (Å²) < 4.78 is 19.1. The van der Waals surface area contributed by atoms with Crippen molar-refractivity contribution in [2.24, 2.45) is 0 Å². The Morgan fingerprint density at radius 2 is 1.93 bits per heavy atom. The summed E-state index contributed by atoms with van der Waals surface area (Å²) >= 11 is 4.76. The molecule has 0 unspecified atom stereocenters. The molecule has 4 nitrogen and oxygen atoms in total. The first-order valence-electron chi connectivity index (χ1n) is 8.66. The van der Waals surface area contributed by atoms with Crippen LogP contribution < -0.4 is 5.32 Å². The Balaban J connectivity index is 1.70. The van der Waals surface area contributed by atoms with Crippen LogP contribution in [0.3, 0.4) is 0 Å². The van der Waals surface area contributed by atoms with Gasteiger partial charge in [-0.15, -0.1) is 11.3 Å². The monoisotopic (exact) mass is 473 g/mol. The predicted molar refractivity (Wildman–Crippen MR) is 117 cm³/mol. The quantitative estimate of drug-likeness (QED) is 0.370. The van der Waals surface area contributed by atoms with Gasteiger partial charge in [0, 0.05) is 9.35 Å². The Labute approximate surface area is 180 Å². The molecule has 29 heavy (non-hydrogen) atoms. The zero-order valence-corrected chi connectivity index (χ0v) is 17.8. The number of anilines is 1. The third-order valence-electron chi connectivity index (χ3n) is 3.92. The highest BCUT2D eigenvalue weighted by Gasteiger charge is 2.17. The minimum atomic E-state index is -0.630. The summed E-state index contributed by atoms with van der Waals surface area (Å²) in [5, 5.41) is 4.54. The molecule has 0 aliphatic rings. The fraction of sp³-hybridized carbons (Fsp3) is 0.0909. The number of thiophene rings is 1. The van der Waals surface area contributed by atoms with Gasteiger partial charge in [0.25, 0.3) is 5.91 Å². The van der Waals surface area contributed by atoms with Crippen LogP contribution in [-0.2, 0) is 14.3 Å². The smallest absolute Gasteiger partial charge is 0.340 e. The van der Waals surface area contributed by atoms with Gasteiger partial charge in [0.1, 0.15) is 5.82 Å². The van der Waals surface area contributed by atoms with Crippen molar-refractivity contribution in [1.29, 1.82) is 0 Å². The zero-order chi connectivity index (χ0) is 20.8. The zero-order valence-electron chi connectivity index (χ0n) is 15.4. The molecule has 1 N–H and O–H groups in total. The maximum absolute atomic E-state index is 13.1. The van der Waals surface area contributed by atoms with E-state index < -0.39 is 18.5 Å². The van der Waals surface area contributed by atoms with Gasteiger partial charge in [0.15, 0.2) is 6.61 Å². The first kappa shape index (κ1) is 21.0. The van der Waals surface area contributed by atoms with Crippen LogP contribution in [0, 0.1) is 12.7 Å². The molecule has 1 amide bonds. The van der Waals surface area contributed by atoms with Crippen LogP contribution in [-0.4, -0.2) is 18.5 Å². The highest BCUT2D eigenvalue weighted by Crippen LogP contribution is 2.25. The van der Waals surface area contributed by atoms with E-state index in [-0.39, 0.29) is 5.82 Å². The Morgan fingerprint density at radius 1 is 1.17 bits per heavy atom. The molecule has 0 spiro atoms. The standard InChI is InChI=1S/C22H17BrFNO3S/c1-14-4-9-19(18(23)11-14)25-21(26)13-28-22(27)17(20-3-2-10-29-20)12-15-5-7-16(24)8-6-15/h2-12H,13H2,1H3,(H,25,26). The molecule has 148 valence electrons. The van der Waals surface area contributed by atoms with Gasteiger partial charge in [-0.1, -0.05) is 24.3 Å². The number of rotatable bonds is 6. The Morgan fingerprint density at radius 3 is 2.59 bits per heavy atom. The summed E-state index contributed by atoms with van der Waals surface area (Å²) in [5.41, 5.74) is 2.60. The fourth-order valence-corrected chi connectivity index (χ4v) is 3.83. The summed E-state index contributed by atoms with van der Waals surface area (Å²) in [6.45, 7) is 1.52. The number of carbonyl (C=O) groups excluding carboxylic acids is 2. The van der Waals surface area contributed by atoms with Gasteiger partial charge in [-0.3, -0.25) is 4.79 Å². The number of hydrogen-bond donors (Lipinski definition) is 1. The number of halogens is 2. The molecule has 0 bridgehead atoms. The van der Waals surface area contributed by atoms with Gasteiger partial charge in [-0.25, -0.2) is 9.18 Å². The van der Waals surface area contributed by atoms with Crippen molar-refractivity contribution < 1.29 is 18.7 Å². The van der Waals surface area contributed by atoms with Crippen LogP contribution in [0.4, 0.5) is 10.1 Å². The minimum absolute atomic E-state index is 0.302. The van der Waals surface area contributed by atoms with Crippen molar-refractivity contribution in [3.8, 4) is 0 Å². The third-order valence-corrected chi connectivity index (χ3v) is 5.48. The second-order valence-corrected chi connectivity index (χ2v) is 8.00. The van der Waals surface area contributed by atoms with E-state index in [1.165, 1.54) is 23.5 Å². The maximum Gasteiger partial charge on any atom is 0.340 e. The second kappa shape index (κ2) is 9.62. The van der Waals surface area contributed by atoms with Gasteiger partial charge in [0.05, 0.1) is 11.3 Å². The van der Waals surface area contributed by atoms with Gasteiger partial charge in [-0.05, 0) is 75.8 Å². The van der Waals surface area contributed by atoms with E-state index in [1.807, 2.05) is 30.5 Å². The molecule has 0 fully saturated rings. The molecular formula is C22H17BrFNO3S. The first-order chi connectivity index (χ1) is 13.9. The van der Waals surface area contributed by atoms with Gasteiger partial charge >= 0.3 is 5.97 Å². The average molecular weight is 474 g/mol. The van der Waals surface area contributed by atoms with E-state index in [4.69, 9.17) is 4.74 Å². The number of carbonyl (C=O) groups is 2. The normalized spacial score (nSPS) is 11.2. The topological polar surface area (TPSA) is 55.4 Å². The van der Waals surface area contributed by atoms with Crippen molar-refractivity contribution in [3.05, 3.63) is 86.3 Å². The van der Waals surface area contributed by atoms with Crippen molar-refractivity contribution in [1.82, 2.24) is 0 Å². The average Bonchev–Trinajstić information content (AvgIpc) is 3.22. The number of ether oxygens (including phenoxy) is 1. The fourth-order valence-electron chi connectivity index (χ4n) is 2.50. The summed E-state index contributed by atoms with van der Waals surface area (Å²) in [6, 6.07) is 14.9. The molecule has 0 radical (unpaired) electrons. The number of aryl methyl sites for hydroxylation is 1. The molecule has 7 heteroatoms. The molecule has 0 aliphatic heterocycles. The second-order valence-electron chi connectivity index (χ2n) is 6.19. The van der Waals surface area contributed by atoms with Gasteiger partial charge in [-0.2, -0.15) is 0 Å². The highest BCUT2D eigenvalue weighted by molar-refractivity contribution is 9.10. The van der Waals surface area contributed by atoms with Crippen LogP contribution in [0.5, 0.6) is 0 Å². The largest absolute Gasteiger partial charge is 0.452 e. The van der Waals surface area contributed by atoms with Crippen molar-refractivity contribution in [2.45, 2.75) is 6.92 Å². The lowest BCUT2D eigenvalue weighted by Gasteiger charge is -2.10. The number of nitrogens with one attached hydrogen (secondary N) is 1. The Hall–Kier alpha value is -2.77. The van der Waals surface area contributed by atoms with E-state index >= 15 is 0 Å². The van der Waals surface area contributed by atoms with E-state index in [0.717, 1.165) is 10.0 Å². The molecule has 0 saturated carbocycles. The molecule has 0 atom stereocenters. The molecule has 3 rings (SSSR count). The summed E-state index contributed by atoms with van der Waals surface area (Å²) in [4.78, 5) is 25.5. The molecule has 2 aromatic carbocycles. The summed E-state index contributed by atoms with van der Waals surface area (Å²) in [5.74, 6) is -1.44. The molecule has 1 aromatic heterocycles. The van der Waals surface area contributed by atoms with Crippen LogP contribution in [0.2, 0.25) is 0 Å². The van der Waals surface area contributed by atoms with Crippen LogP contribution in [0.1, 0.15) is 16.0 Å². The number of esters is 1. The molecule has 0 aliphatic carbocycles. The van der Waals surface area contributed by atoms with E-state index in [0.29, 0.717) is 21.7 Å². The van der Waals surface area contributed by atoms with Crippen molar-refractivity contribution in [3.63, 3.8) is 0 Å². The van der Waals surface area contributed by atoms with Crippen molar-refractivity contribution in [2.75, 3.05) is 11.9 Å². The van der Waals surface area contributed by atoms with Crippen LogP contribution in [0.25, 0.3) is 11.6 Å². The van der Waals surface area contributed by atoms with E-state index in [9.17, 15) is 14.0 Å². The van der Waals surface area contributed by atoms with Crippen LogP contribution >= 0.6 is 27.3 Å². The first-order valence-corrected chi connectivity index (χ1v) is 10.3. The van der Waals surface area contributed by atoms with E-state index in [2.05, 4.69) is 21.2 Å².